The van der Waals surface area contributed by atoms with E-state index in [9.17, 15) is 4.79 Å². The molecular formula is C12H20N2O. The molecule has 0 spiro atoms. The van der Waals surface area contributed by atoms with Crippen LogP contribution in [0.15, 0.2) is 6.07 Å². The predicted octanol–water partition coefficient (Wildman–Crippen LogP) is 2.41. The van der Waals surface area contributed by atoms with E-state index in [4.69, 9.17) is 0 Å². The topological polar surface area (TPSA) is 44.9 Å². The first-order valence-corrected chi connectivity index (χ1v) is 5.45. The number of aryl methyl sites for hydroxylation is 2. The van der Waals surface area contributed by atoms with Gasteiger partial charge in [0.05, 0.1) is 5.56 Å². The number of H-pyrrole nitrogens is 1. The van der Waals surface area contributed by atoms with Gasteiger partial charge in [-0.05, 0) is 32.3 Å². The van der Waals surface area contributed by atoms with Crippen molar-refractivity contribution < 1.29 is 4.79 Å². The summed E-state index contributed by atoms with van der Waals surface area (Å²) in [5.74, 6) is 0.650. The molecule has 0 aliphatic heterocycles. The summed E-state index contributed by atoms with van der Waals surface area (Å²) in [6.45, 7) is 8.93. The van der Waals surface area contributed by atoms with Crippen molar-refractivity contribution in [3.8, 4) is 0 Å². The average Bonchev–Trinajstić information content (AvgIpc) is 2.44. The molecule has 0 saturated heterocycles. The molecule has 1 aromatic rings. The Kier molecular flexibility index (Phi) is 3.95. The zero-order valence-corrected chi connectivity index (χ0v) is 9.98. The van der Waals surface area contributed by atoms with Gasteiger partial charge in [0.1, 0.15) is 0 Å². The van der Waals surface area contributed by atoms with E-state index in [1.807, 2.05) is 19.9 Å². The van der Waals surface area contributed by atoms with E-state index in [2.05, 4.69) is 24.1 Å². The van der Waals surface area contributed by atoms with E-state index < -0.39 is 0 Å². The third-order valence-electron chi connectivity index (χ3n) is 2.40. The van der Waals surface area contributed by atoms with Gasteiger partial charge >= 0.3 is 0 Å². The number of rotatable bonds is 4. The largest absolute Gasteiger partial charge is 0.362 e. The van der Waals surface area contributed by atoms with Gasteiger partial charge in [-0.25, -0.2) is 0 Å². The van der Waals surface area contributed by atoms with Gasteiger partial charge in [0, 0.05) is 17.9 Å². The van der Waals surface area contributed by atoms with E-state index in [0.29, 0.717) is 5.92 Å². The van der Waals surface area contributed by atoms with Crippen LogP contribution < -0.4 is 5.32 Å². The number of nitrogens with one attached hydrogen (secondary N) is 2. The molecule has 0 aliphatic carbocycles. The Hall–Kier alpha value is -1.25. The van der Waals surface area contributed by atoms with Gasteiger partial charge in [0.15, 0.2) is 0 Å². The minimum absolute atomic E-state index is 0.0255. The average molecular weight is 208 g/mol. The molecule has 1 amide bonds. The van der Waals surface area contributed by atoms with Gasteiger partial charge < -0.3 is 10.3 Å². The van der Waals surface area contributed by atoms with Crippen LogP contribution >= 0.6 is 0 Å². The first-order valence-electron chi connectivity index (χ1n) is 5.45. The summed E-state index contributed by atoms with van der Waals surface area (Å²) < 4.78 is 0. The highest BCUT2D eigenvalue weighted by Crippen LogP contribution is 2.09. The quantitative estimate of drug-likeness (QED) is 0.784. The van der Waals surface area contributed by atoms with Crippen molar-refractivity contribution >= 4 is 5.91 Å². The smallest absolute Gasteiger partial charge is 0.253 e. The highest BCUT2D eigenvalue weighted by Gasteiger charge is 2.10. The van der Waals surface area contributed by atoms with Crippen molar-refractivity contribution in [3.63, 3.8) is 0 Å². The van der Waals surface area contributed by atoms with Crippen molar-refractivity contribution in [3.05, 3.63) is 23.0 Å². The Bertz CT molecular complexity index is 339. The summed E-state index contributed by atoms with van der Waals surface area (Å²) in [5.41, 5.74) is 2.73. The molecular weight excluding hydrogens is 188 g/mol. The summed E-state index contributed by atoms with van der Waals surface area (Å²) >= 11 is 0. The van der Waals surface area contributed by atoms with Crippen LogP contribution in [0.4, 0.5) is 0 Å². The fourth-order valence-corrected chi connectivity index (χ4v) is 1.53. The molecule has 1 heterocycles. The molecule has 0 radical (unpaired) electrons. The first kappa shape index (κ1) is 11.8. The van der Waals surface area contributed by atoms with E-state index >= 15 is 0 Å². The van der Waals surface area contributed by atoms with Crippen molar-refractivity contribution in [1.29, 1.82) is 0 Å². The van der Waals surface area contributed by atoms with Crippen molar-refractivity contribution in [2.45, 2.75) is 34.1 Å². The van der Waals surface area contributed by atoms with Gasteiger partial charge in [-0.2, -0.15) is 0 Å². The van der Waals surface area contributed by atoms with Gasteiger partial charge in [-0.1, -0.05) is 13.8 Å². The fourth-order valence-electron chi connectivity index (χ4n) is 1.53. The SMILES string of the molecule is Cc1cc(C(=O)NCCC(C)C)c(C)[nH]1. The number of carbonyl (C=O) groups is 1. The van der Waals surface area contributed by atoms with E-state index in [1.54, 1.807) is 0 Å². The second-order valence-corrected chi connectivity index (χ2v) is 4.43. The predicted molar refractivity (Wildman–Crippen MR) is 62.1 cm³/mol. The molecule has 84 valence electrons. The van der Waals surface area contributed by atoms with Crippen molar-refractivity contribution in [2.75, 3.05) is 6.54 Å². The van der Waals surface area contributed by atoms with Gasteiger partial charge in [0.2, 0.25) is 0 Å². The summed E-state index contributed by atoms with van der Waals surface area (Å²) in [6.07, 6.45) is 1.02. The molecule has 1 aromatic heterocycles. The highest BCUT2D eigenvalue weighted by atomic mass is 16.1. The maximum absolute atomic E-state index is 11.7. The molecule has 0 bridgehead atoms. The summed E-state index contributed by atoms with van der Waals surface area (Å²) in [4.78, 5) is 14.9. The highest BCUT2D eigenvalue weighted by molar-refractivity contribution is 5.95. The van der Waals surface area contributed by atoms with Crippen LogP contribution in [0.3, 0.4) is 0 Å². The molecule has 0 saturated carbocycles. The lowest BCUT2D eigenvalue weighted by Gasteiger charge is -2.06. The molecule has 1 rings (SSSR count). The molecule has 0 unspecified atom stereocenters. The third-order valence-corrected chi connectivity index (χ3v) is 2.40. The van der Waals surface area contributed by atoms with Crippen LogP contribution in [0, 0.1) is 19.8 Å². The zero-order chi connectivity index (χ0) is 11.4. The zero-order valence-electron chi connectivity index (χ0n) is 9.98. The maximum atomic E-state index is 11.7. The summed E-state index contributed by atoms with van der Waals surface area (Å²) in [5, 5.41) is 2.93. The second kappa shape index (κ2) is 5.01. The molecule has 0 fully saturated rings. The molecule has 3 nitrogen and oxygen atoms in total. The number of aromatic amines is 1. The monoisotopic (exact) mass is 208 g/mol. The third kappa shape index (κ3) is 3.42. The standard InChI is InChI=1S/C12H20N2O/c1-8(2)5-6-13-12(15)11-7-9(3)14-10(11)4/h7-8,14H,5-6H2,1-4H3,(H,13,15). The van der Waals surface area contributed by atoms with Crippen LogP contribution in [-0.4, -0.2) is 17.4 Å². The van der Waals surface area contributed by atoms with Crippen LogP contribution in [-0.2, 0) is 0 Å². The van der Waals surface area contributed by atoms with Crippen molar-refractivity contribution in [1.82, 2.24) is 10.3 Å². The van der Waals surface area contributed by atoms with Crippen LogP contribution in [0.25, 0.3) is 0 Å². The lowest BCUT2D eigenvalue weighted by Crippen LogP contribution is -2.25. The molecule has 0 aromatic carbocycles. The molecule has 3 heteroatoms. The normalized spacial score (nSPS) is 10.7. The molecule has 2 N–H and O–H groups in total. The Morgan fingerprint density at radius 1 is 1.47 bits per heavy atom. The molecule has 0 aliphatic rings. The van der Waals surface area contributed by atoms with Crippen molar-refractivity contribution in [2.24, 2.45) is 5.92 Å². The lowest BCUT2D eigenvalue weighted by molar-refractivity contribution is 0.0951. The molecule has 0 atom stereocenters. The number of aromatic nitrogens is 1. The first-order chi connectivity index (χ1) is 7.00. The number of amides is 1. The minimum Gasteiger partial charge on any atom is -0.362 e. The van der Waals surface area contributed by atoms with Gasteiger partial charge in [0.25, 0.3) is 5.91 Å². The van der Waals surface area contributed by atoms with E-state index in [1.165, 1.54) is 0 Å². The molecule has 15 heavy (non-hydrogen) atoms. The number of hydrogen-bond donors (Lipinski definition) is 2. The second-order valence-electron chi connectivity index (χ2n) is 4.43. The summed E-state index contributed by atoms with van der Waals surface area (Å²) in [7, 11) is 0. The lowest BCUT2D eigenvalue weighted by atomic mass is 10.1. The van der Waals surface area contributed by atoms with E-state index in [0.717, 1.165) is 29.9 Å². The number of carbonyl (C=O) groups excluding carboxylic acids is 1. The number of hydrogen-bond acceptors (Lipinski definition) is 1. The Morgan fingerprint density at radius 3 is 2.60 bits per heavy atom. The minimum atomic E-state index is 0.0255. The summed E-state index contributed by atoms with van der Waals surface area (Å²) in [6, 6.07) is 1.89. The van der Waals surface area contributed by atoms with Gasteiger partial charge in [-0.3, -0.25) is 4.79 Å². The van der Waals surface area contributed by atoms with Crippen LogP contribution in [0.1, 0.15) is 42.0 Å². The van der Waals surface area contributed by atoms with E-state index in [-0.39, 0.29) is 5.91 Å². The maximum Gasteiger partial charge on any atom is 0.253 e. The fraction of sp³-hybridized carbons (Fsp3) is 0.583. The Balaban J connectivity index is 2.50. The Morgan fingerprint density at radius 2 is 2.13 bits per heavy atom. The van der Waals surface area contributed by atoms with Gasteiger partial charge in [-0.15, -0.1) is 0 Å². The Labute approximate surface area is 91.3 Å². The van der Waals surface area contributed by atoms with Crippen LogP contribution in [0.2, 0.25) is 0 Å². The van der Waals surface area contributed by atoms with Crippen LogP contribution in [0.5, 0.6) is 0 Å².